The highest BCUT2D eigenvalue weighted by atomic mass is 15.2. The fourth-order valence-electron chi connectivity index (χ4n) is 2.80. The lowest BCUT2D eigenvalue weighted by atomic mass is 9.99. The molecule has 3 nitrogen and oxygen atoms in total. The van der Waals surface area contributed by atoms with Gasteiger partial charge < -0.3 is 10.2 Å². The molecule has 0 radical (unpaired) electrons. The van der Waals surface area contributed by atoms with Crippen LogP contribution in [0, 0.1) is 0 Å². The Balaban J connectivity index is 1.72. The molecule has 0 amide bonds. The molecule has 2 rings (SSSR count). The largest absolute Gasteiger partial charge is 0.309 e. The van der Waals surface area contributed by atoms with Crippen LogP contribution >= 0.6 is 0 Å². The van der Waals surface area contributed by atoms with Crippen LogP contribution in [0.2, 0.25) is 0 Å². The van der Waals surface area contributed by atoms with Crippen LogP contribution in [0.3, 0.4) is 0 Å². The van der Waals surface area contributed by atoms with Crippen molar-refractivity contribution in [3.05, 3.63) is 35.4 Å². The Morgan fingerprint density at radius 3 is 2.10 bits per heavy atom. The maximum Gasteiger partial charge on any atom is 0.0292 e. The first-order valence-corrected chi connectivity index (χ1v) is 8.30. The quantitative estimate of drug-likeness (QED) is 0.869. The van der Waals surface area contributed by atoms with E-state index in [-0.39, 0.29) is 0 Å². The van der Waals surface area contributed by atoms with Crippen molar-refractivity contribution in [1.29, 1.82) is 0 Å². The first-order chi connectivity index (χ1) is 10.1. The molecule has 118 valence electrons. The SMILES string of the molecule is CC(C)c1ccc(C(C)NCCN2CCN(C)CC2)cc1. The molecule has 1 saturated heterocycles. The Bertz CT molecular complexity index is 405. The summed E-state index contributed by atoms with van der Waals surface area (Å²) in [5.41, 5.74) is 2.81. The molecule has 1 unspecified atom stereocenters. The third-order valence-corrected chi connectivity index (χ3v) is 4.58. The van der Waals surface area contributed by atoms with Crippen molar-refractivity contribution in [2.45, 2.75) is 32.7 Å². The summed E-state index contributed by atoms with van der Waals surface area (Å²) in [5.74, 6) is 0.611. The zero-order valence-corrected chi connectivity index (χ0v) is 14.1. The summed E-state index contributed by atoms with van der Waals surface area (Å²) >= 11 is 0. The second kappa shape index (κ2) is 7.92. The minimum Gasteiger partial charge on any atom is -0.309 e. The fourth-order valence-corrected chi connectivity index (χ4v) is 2.80. The van der Waals surface area contributed by atoms with Crippen LogP contribution in [-0.2, 0) is 0 Å². The lowest BCUT2D eigenvalue weighted by molar-refractivity contribution is 0.154. The van der Waals surface area contributed by atoms with Gasteiger partial charge in [0.1, 0.15) is 0 Å². The molecule has 1 N–H and O–H groups in total. The van der Waals surface area contributed by atoms with Crippen LogP contribution < -0.4 is 5.32 Å². The normalized spacial score (nSPS) is 19.1. The molecular formula is C18H31N3. The lowest BCUT2D eigenvalue weighted by Gasteiger charge is -2.32. The van der Waals surface area contributed by atoms with E-state index >= 15 is 0 Å². The molecule has 0 saturated carbocycles. The van der Waals surface area contributed by atoms with Crippen molar-refractivity contribution in [1.82, 2.24) is 15.1 Å². The minimum atomic E-state index is 0.429. The first kappa shape index (κ1) is 16.5. The molecule has 1 aromatic carbocycles. The standard InChI is InChI=1S/C18H31N3/c1-15(2)17-5-7-18(8-6-17)16(3)19-9-10-21-13-11-20(4)12-14-21/h5-8,15-16,19H,9-14H2,1-4H3. The number of hydrogen-bond donors (Lipinski definition) is 1. The molecule has 21 heavy (non-hydrogen) atoms. The molecule has 1 aliphatic rings. The van der Waals surface area contributed by atoms with Gasteiger partial charge in [-0.1, -0.05) is 38.1 Å². The van der Waals surface area contributed by atoms with Crippen LogP contribution in [0.4, 0.5) is 0 Å². The van der Waals surface area contributed by atoms with Gasteiger partial charge in [0, 0.05) is 45.3 Å². The molecule has 0 spiro atoms. The number of benzene rings is 1. The van der Waals surface area contributed by atoms with Gasteiger partial charge in [0.2, 0.25) is 0 Å². The van der Waals surface area contributed by atoms with E-state index in [1.54, 1.807) is 0 Å². The van der Waals surface area contributed by atoms with E-state index in [0.717, 1.165) is 13.1 Å². The summed E-state index contributed by atoms with van der Waals surface area (Å²) in [6.45, 7) is 13.8. The fraction of sp³-hybridized carbons (Fsp3) is 0.667. The summed E-state index contributed by atoms with van der Waals surface area (Å²) in [6, 6.07) is 9.49. The summed E-state index contributed by atoms with van der Waals surface area (Å²) in [5, 5.41) is 3.65. The molecular weight excluding hydrogens is 258 g/mol. The smallest absolute Gasteiger partial charge is 0.0292 e. The Labute approximate surface area is 130 Å². The predicted molar refractivity (Wildman–Crippen MR) is 90.9 cm³/mol. The number of rotatable bonds is 6. The molecule has 1 fully saturated rings. The second-order valence-electron chi connectivity index (χ2n) is 6.64. The summed E-state index contributed by atoms with van der Waals surface area (Å²) in [4.78, 5) is 4.96. The lowest BCUT2D eigenvalue weighted by Crippen LogP contribution is -2.46. The van der Waals surface area contributed by atoms with Crippen molar-refractivity contribution in [3.8, 4) is 0 Å². The van der Waals surface area contributed by atoms with Gasteiger partial charge in [-0.05, 0) is 31.0 Å². The topological polar surface area (TPSA) is 18.5 Å². The zero-order chi connectivity index (χ0) is 15.2. The maximum absolute atomic E-state index is 3.65. The Kier molecular flexibility index (Phi) is 6.22. The second-order valence-corrected chi connectivity index (χ2v) is 6.64. The summed E-state index contributed by atoms with van der Waals surface area (Å²) in [6.07, 6.45) is 0. The van der Waals surface area contributed by atoms with Crippen molar-refractivity contribution in [2.75, 3.05) is 46.3 Å². The van der Waals surface area contributed by atoms with Crippen molar-refractivity contribution in [2.24, 2.45) is 0 Å². The van der Waals surface area contributed by atoms with Gasteiger partial charge in [-0.2, -0.15) is 0 Å². The molecule has 1 heterocycles. The maximum atomic E-state index is 3.65. The van der Waals surface area contributed by atoms with Crippen molar-refractivity contribution >= 4 is 0 Å². The molecule has 3 heteroatoms. The van der Waals surface area contributed by atoms with Gasteiger partial charge in [-0.25, -0.2) is 0 Å². The van der Waals surface area contributed by atoms with Crippen LogP contribution in [0.5, 0.6) is 0 Å². The van der Waals surface area contributed by atoms with E-state index in [4.69, 9.17) is 0 Å². The van der Waals surface area contributed by atoms with Crippen LogP contribution in [0.25, 0.3) is 0 Å². The van der Waals surface area contributed by atoms with E-state index in [1.165, 1.54) is 37.3 Å². The number of hydrogen-bond acceptors (Lipinski definition) is 3. The highest BCUT2D eigenvalue weighted by Crippen LogP contribution is 2.18. The summed E-state index contributed by atoms with van der Waals surface area (Å²) in [7, 11) is 2.21. The van der Waals surface area contributed by atoms with Crippen LogP contribution in [0.15, 0.2) is 24.3 Å². The first-order valence-electron chi connectivity index (χ1n) is 8.30. The van der Waals surface area contributed by atoms with Crippen LogP contribution in [-0.4, -0.2) is 56.1 Å². The van der Waals surface area contributed by atoms with Gasteiger partial charge in [-0.15, -0.1) is 0 Å². The minimum absolute atomic E-state index is 0.429. The average Bonchev–Trinajstić information content (AvgIpc) is 2.49. The van der Waals surface area contributed by atoms with E-state index < -0.39 is 0 Å². The zero-order valence-electron chi connectivity index (χ0n) is 14.1. The van der Waals surface area contributed by atoms with Crippen LogP contribution in [0.1, 0.15) is 43.9 Å². The number of nitrogens with one attached hydrogen (secondary N) is 1. The van der Waals surface area contributed by atoms with Gasteiger partial charge in [0.25, 0.3) is 0 Å². The molecule has 0 bridgehead atoms. The van der Waals surface area contributed by atoms with Crippen molar-refractivity contribution < 1.29 is 0 Å². The van der Waals surface area contributed by atoms with E-state index in [2.05, 4.69) is 67.2 Å². The monoisotopic (exact) mass is 289 g/mol. The van der Waals surface area contributed by atoms with Gasteiger partial charge >= 0.3 is 0 Å². The molecule has 1 aromatic rings. The number of nitrogens with zero attached hydrogens (tertiary/aromatic N) is 2. The van der Waals surface area contributed by atoms with E-state index in [1.807, 2.05) is 0 Å². The predicted octanol–water partition coefficient (Wildman–Crippen LogP) is 2.71. The molecule has 0 aliphatic carbocycles. The van der Waals surface area contributed by atoms with Gasteiger partial charge in [-0.3, -0.25) is 4.90 Å². The molecule has 1 atom stereocenters. The Hall–Kier alpha value is -0.900. The third kappa shape index (κ3) is 5.10. The summed E-state index contributed by atoms with van der Waals surface area (Å²) < 4.78 is 0. The number of piperazine rings is 1. The molecule has 0 aromatic heterocycles. The highest BCUT2D eigenvalue weighted by Gasteiger charge is 2.13. The third-order valence-electron chi connectivity index (χ3n) is 4.58. The van der Waals surface area contributed by atoms with E-state index in [9.17, 15) is 0 Å². The average molecular weight is 289 g/mol. The highest BCUT2D eigenvalue weighted by molar-refractivity contribution is 5.26. The molecule has 1 aliphatic heterocycles. The van der Waals surface area contributed by atoms with Crippen molar-refractivity contribution in [3.63, 3.8) is 0 Å². The number of likely N-dealkylation sites (N-methyl/N-ethyl adjacent to an activating group) is 1. The van der Waals surface area contributed by atoms with Gasteiger partial charge in [0.15, 0.2) is 0 Å². The van der Waals surface area contributed by atoms with Gasteiger partial charge in [0.05, 0.1) is 0 Å². The Morgan fingerprint density at radius 1 is 0.952 bits per heavy atom. The van der Waals surface area contributed by atoms with E-state index in [0.29, 0.717) is 12.0 Å². The Morgan fingerprint density at radius 2 is 1.52 bits per heavy atom.